The van der Waals surface area contributed by atoms with E-state index in [4.69, 9.17) is 29.0 Å². The predicted octanol–water partition coefficient (Wildman–Crippen LogP) is 2.15. The number of hydrogen-bond donors (Lipinski definition) is 2. The number of nitrogens with two attached hydrogens (primary N) is 1. The molecule has 0 aliphatic heterocycles. The summed E-state index contributed by atoms with van der Waals surface area (Å²) in [4.78, 5) is 11.4. The molecule has 2 rings (SSSR count). The van der Waals surface area contributed by atoms with Gasteiger partial charge in [0.2, 0.25) is 0 Å². The zero-order valence-electron chi connectivity index (χ0n) is 10.2. The van der Waals surface area contributed by atoms with E-state index in [2.05, 4.69) is 5.10 Å². The molecule has 0 atom stereocenters. The first kappa shape index (κ1) is 13.9. The van der Waals surface area contributed by atoms with Crippen LogP contribution in [0.15, 0.2) is 24.3 Å². The van der Waals surface area contributed by atoms with E-state index < -0.39 is 5.91 Å². The van der Waals surface area contributed by atoms with Gasteiger partial charge >= 0.3 is 0 Å². The van der Waals surface area contributed by atoms with Crippen LogP contribution in [0.4, 0.5) is 0 Å². The topological polar surface area (TPSA) is 72.9 Å². The average molecular weight is 299 g/mol. The lowest BCUT2D eigenvalue weighted by molar-refractivity contribution is 0.0948. The lowest BCUT2D eigenvalue weighted by Crippen LogP contribution is -2.30. The quantitative estimate of drug-likeness (QED) is 0.518. The van der Waals surface area contributed by atoms with E-state index in [1.54, 1.807) is 28.9 Å². The molecule has 0 radical (unpaired) electrons. The molecule has 7 heteroatoms. The maximum atomic E-state index is 11.4. The smallest absolute Gasteiger partial charge is 0.285 e. The SMILES string of the molecule is Cc1cc(C(=O)NN)nn1Cc1cc(Cl)ccc1Cl. The molecule has 5 nitrogen and oxygen atoms in total. The van der Waals surface area contributed by atoms with Gasteiger partial charge in [-0.3, -0.25) is 14.9 Å². The molecule has 0 unspecified atom stereocenters. The number of nitrogen functional groups attached to an aromatic ring is 1. The normalized spacial score (nSPS) is 10.5. The van der Waals surface area contributed by atoms with E-state index in [-0.39, 0.29) is 5.69 Å². The summed E-state index contributed by atoms with van der Waals surface area (Å²) in [5, 5.41) is 5.37. The van der Waals surface area contributed by atoms with Crippen LogP contribution in [0.2, 0.25) is 10.0 Å². The monoisotopic (exact) mass is 298 g/mol. The highest BCUT2D eigenvalue weighted by Crippen LogP contribution is 2.22. The maximum Gasteiger partial charge on any atom is 0.285 e. The van der Waals surface area contributed by atoms with Crippen molar-refractivity contribution in [2.75, 3.05) is 0 Å². The van der Waals surface area contributed by atoms with Gasteiger partial charge in [-0.2, -0.15) is 5.10 Å². The Hall–Kier alpha value is -1.56. The number of hydrazine groups is 1. The van der Waals surface area contributed by atoms with Gasteiger partial charge in [0, 0.05) is 15.7 Å². The Morgan fingerprint density at radius 3 is 2.84 bits per heavy atom. The minimum atomic E-state index is -0.431. The number of nitrogens with zero attached hydrogens (tertiary/aromatic N) is 2. The summed E-state index contributed by atoms with van der Waals surface area (Å²) in [5.74, 6) is 4.64. The van der Waals surface area contributed by atoms with Crippen molar-refractivity contribution in [3.8, 4) is 0 Å². The Labute approximate surface area is 120 Å². The Bertz CT molecular complexity index is 624. The number of nitrogens with one attached hydrogen (secondary N) is 1. The molecule has 0 saturated carbocycles. The molecule has 3 N–H and O–H groups in total. The molecule has 0 saturated heterocycles. The Kier molecular flexibility index (Phi) is 4.09. The van der Waals surface area contributed by atoms with Crippen LogP contribution in [-0.2, 0) is 6.54 Å². The van der Waals surface area contributed by atoms with Crippen LogP contribution in [0.5, 0.6) is 0 Å². The van der Waals surface area contributed by atoms with Crippen molar-refractivity contribution in [1.82, 2.24) is 15.2 Å². The zero-order chi connectivity index (χ0) is 14.0. The average Bonchev–Trinajstić information content (AvgIpc) is 2.74. The number of aryl methyl sites for hydroxylation is 1. The van der Waals surface area contributed by atoms with Crippen molar-refractivity contribution in [2.45, 2.75) is 13.5 Å². The summed E-state index contributed by atoms with van der Waals surface area (Å²) in [6.07, 6.45) is 0. The third kappa shape index (κ3) is 3.07. The van der Waals surface area contributed by atoms with E-state index in [0.717, 1.165) is 11.3 Å². The number of rotatable bonds is 3. The third-order valence-corrected chi connectivity index (χ3v) is 3.28. The van der Waals surface area contributed by atoms with Crippen LogP contribution in [0.3, 0.4) is 0 Å². The first-order chi connectivity index (χ1) is 9.01. The highest BCUT2D eigenvalue weighted by atomic mass is 35.5. The Morgan fingerprint density at radius 2 is 2.16 bits per heavy atom. The van der Waals surface area contributed by atoms with Gasteiger partial charge in [-0.05, 0) is 36.8 Å². The van der Waals surface area contributed by atoms with Crippen LogP contribution in [-0.4, -0.2) is 15.7 Å². The number of aromatic nitrogens is 2. The lowest BCUT2D eigenvalue weighted by Gasteiger charge is -2.07. The minimum absolute atomic E-state index is 0.262. The molecule has 0 aliphatic carbocycles. The van der Waals surface area contributed by atoms with E-state index in [1.165, 1.54) is 0 Å². The van der Waals surface area contributed by atoms with Gasteiger partial charge in [0.1, 0.15) is 0 Å². The molecule has 2 aromatic rings. The van der Waals surface area contributed by atoms with E-state index in [9.17, 15) is 4.79 Å². The highest BCUT2D eigenvalue weighted by Gasteiger charge is 2.12. The largest absolute Gasteiger partial charge is 0.289 e. The zero-order valence-corrected chi connectivity index (χ0v) is 11.7. The van der Waals surface area contributed by atoms with Crippen LogP contribution in [0.1, 0.15) is 21.7 Å². The summed E-state index contributed by atoms with van der Waals surface area (Å²) in [7, 11) is 0. The standard InChI is InChI=1S/C12H12Cl2N4O/c1-7-4-11(12(19)16-15)17-18(7)6-8-5-9(13)2-3-10(8)14/h2-5H,6,15H2,1H3,(H,16,19). The maximum absolute atomic E-state index is 11.4. The predicted molar refractivity (Wildman–Crippen MR) is 74.2 cm³/mol. The van der Waals surface area contributed by atoms with Gasteiger partial charge in [0.05, 0.1) is 6.54 Å². The van der Waals surface area contributed by atoms with Crippen LogP contribution in [0, 0.1) is 6.92 Å². The fourth-order valence-corrected chi connectivity index (χ4v) is 2.05. The van der Waals surface area contributed by atoms with Gasteiger partial charge in [-0.25, -0.2) is 5.84 Å². The van der Waals surface area contributed by atoms with Crippen LogP contribution < -0.4 is 11.3 Å². The van der Waals surface area contributed by atoms with E-state index in [1.807, 2.05) is 12.3 Å². The fraction of sp³-hybridized carbons (Fsp3) is 0.167. The van der Waals surface area contributed by atoms with Crippen LogP contribution >= 0.6 is 23.2 Å². The summed E-state index contributed by atoms with van der Waals surface area (Å²) in [6, 6.07) is 6.87. The molecule has 19 heavy (non-hydrogen) atoms. The number of halogens is 2. The molecule has 0 fully saturated rings. The summed E-state index contributed by atoms with van der Waals surface area (Å²) in [6.45, 7) is 2.28. The second-order valence-corrected chi connectivity index (χ2v) is 4.88. The molecule has 1 aromatic carbocycles. The molecule has 0 bridgehead atoms. The Balaban J connectivity index is 2.30. The second kappa shape index (κ2) is 5.61. The summed E-state index contributed by atoms with van der Waals surface area (Å²) in [5.41, 5.74) is 3.97. The Morgan fingerprint density at radius 1 is 1.42 bits per heavy atom. The number of carbonyl (C=O) groups is 1. The summed E-state index contributed by atoms with van der Waals surface area (Å²) >= 11 is 12.0. The number of benzene rings is 1. The molecule has 1 heterocycles. The molecule has 1 aromatic heterocycles. The first-order valence-electron chi connectivity index (χ1n) is 5.50. The molecular formula is C12H12Cl2N4O. The van der Waals surface area contributed by atoms with Crippen molar-refractivity contribution in [3.05, 3.63) is 51.3 Å². The molecule has 0 spiro atoms. The van der Waals surface area contributed by atoms with Crippen LogP contribution in [0.25, 0.3) is 0 Å². The van der Waals surface area contributed by atoms with Crippen molar-refractivity contribution in [3.63, 3.8) is 0 Å². The van der Waals surface area contributed by atoms with E-state index >= 15 is 0 Å². The molecular weight excluding hydrogens is 287 g/mol. The van der Waals surface area contributed by atoms with Gasteiger partial charge < -0.3 is 0 Å². The van der Waals surface area contributed by atoms with Gasteiger partial charge in [0.25, 0.3) is 5.91 Å². The van der Waals surface area contributed by atoms with Crippen molar-refractivity contribution in [2.24, 2.45) is 5.84 Å². The first-order valence-corrected chi connectivity index (χ1v) is 6.26. The summed E-state index contributed by atoms with van der Waals surface area (Å²) < 4.78 is 1.67. The molecule has 0 aliphatic rings. The highest BCUT2D eigenvalue weighted by molar-refractivity contribution is 6.33. The van der Waals surface area contributed by atoms with Crippen molar-refractivity contribution >= 4 is 29.1 Å². The van der Waals surface area contributed by atoms with Crippen molar-refractivity contribution < 1.29 is 4.79 Å². The molecule has 100 valence electrons. The molecule has 1 amide bonds. The van der Waals surface area contributed by atoms with E-state index in [0.29, 0.717) is 16.6 Å². The van der Waals surface area contributed by atoms with Crippen molar-refractivity contribution in [1.29, 1.82) is 0 Å². The van der Waals surface area contributed by atoms with Gasteiger partial charge in [-0.1, -0.05) is 23.2 Å². The van der Waals surface area contributed by atoms with Gasteiger partial charge in [0.15, 0.2) is 5.69 Å². The minimum Gasteiger partial charge on any atom is -0.289 e. The number of hydrogen-bond acceptors (Lipinski definition) is 3. The second-order valence-electron chi connectivity index (χ2n) is 4.04. The lowest BCUT2D eigenvalue weighted by atomic mass is 10.2. The fourth-order valence-electron chi connectivity index (χ4n) is 1.68. The third-order valence-electron chi connectivity index (χ3n) is 2.67. The number of amides is 1. The number of carbonyl (C=O) groups excluding carboxylic acids is 1. The van der Waals surface area contributed by atoms with Gasteiger partial charge in [-0.15, -0.1) is 0 Å².